The molecule has 1 aliphatic rings. The van der Waals surface area contributed by atoms with Gasteiger partial charge in [-0.1, -0.05) is 51.1 Å². The van der Waals surface area contributed by atoms with Crippen molar-refractivity contribution in [1.82, 2.24) is 10.2 Å². The first-order chi connectivity index (χ1) is 12.3. The fourth-order valence-electron chi connectivity index (χ4n) is 3.46. The number of amides is 2. The molecule has 26 heavy (non-hydrogen) atoms. The Morgan fingerprint density at radius 2 is 1.77 bits per heavy atom. The summed E-state index contributed by atoms with van der Waals surface area (Å²) in [6.45, 7) is 6.55. The lowest BCUT2D eigenvalue weighted by atomic mass is 9.85. The van der Waals surface area contributed by atoms with Gasteiger partial charge in [0.1, 0.15) is 0 Å². The SMILES string of the molecule is CCC(NC(=O)C1CCN(C(=O)C(C)C)CC1)(C(=O)O)c1ccccc1. The Bertz CT molecular complexity index is 651. The van der Waals surface area contributed by atoms with Crippen molar-refractivity contribution in [1.29, 1.82) is 0 Å². The molecule has 2 amide bonds. The molecule has 0 aromatic heterocycles. The van der Waals surface area contributed by atoms with E-state index in [1.54, 1.807) is 36.1 Å². The summed E-state index contributed by atoms with van der Waals surface area (Å²) in [6, 6.07) is 8.80. The van der Waals surface area contributed by atoms with Gasteiger partial charge >= 0.3 is 5.97 Å². The fourth-order valence-corrected chi connectivity index (χ4v) is 3.46. The molecule has 0 aliphatic carbocycles. The molecule has 1 aromatic carbocycles. The van der Waals surface area contributed by atoms with Gasteiger partial charge in [0, 0.05) is 24.9 Å². The van der Waals surface area contributed by atoms with Crippen LogP contribution in [0.2, 0.25) is 0 Å². The van der Waals surface area contributed by atoms with Crippen molar-refractivity contribution < 1.29 is 19.5 Å². The second-order valence-corrected chi connectivity index (χ2v) is 7.17. The summed E-state index contributed by atoms with van der Waals surface area (Å²) >= 11 is 0. The molecule has 0 saturated carbocycles. The molecule has 0 radical (unpaired) electrons. The Morgan fingerprint density at radius 3 is 2.23 bits per heavy atom. The molecular weight excluding hydrogens is 332 g/mol. The zero-order chi connectivity index (χ0) is 19.3. The third kappa shape index (κ3) is 4.06. The van der Waals surface area contributed by atoms with Crippen molar-refractivity contribution in [2.45, 2.75) is 45.6 Å². The number of hydrogen-bond donors (Lipinski definition) is 2. The minimum atomic E-state index is -1.43. The first-order valence-corrected chi connectivity index (χ1v) is 9.21. The number of piperidine rings is 1. The van der Waals surface area contributed by atoms with Gasteiger partial charge in [-0.05, 0) is 24.8 Å². The van der Waals surface area contributed by atoms with E-state index in [9.17, 15) is 19.5 Å². The number of likely N-dealkylation sites (tertiary alicyclic amines) is 1. The van der Waals surface area contributed by atoms with Crippen LogP contribution in [-0.2, 0) is 19.9 Å². The first-order valence-electron chi connectivity index (χ1n) is 9.21. The second-order valence-electron chi connectivity index (χ2n) is 7.17. The summed E-state index contributed by atoms with van der Waals surface area (Å²) in [6.07, 6.45) is 1.36. The molecule has 142 valence electrons. The summed E-state index contributed by atoms with van der Waals surface area (Å²) in [4.78, 5) is 38.7. The largest absolute Gasteiger partial charge is 0.479 e. The summed E-state index contributed by atoms with van der Waals surface area (Å²) in [7, 11) is 0. The standard InChI is InChI=1S/C20H28N2O4/c1-4-20(19(25)26,16-8-6-5-7-9-16)21-17(23)15-10-12-22(13-11-15)18(24)14(2)3/h5-9,14-15H,4,10-13H2,1-3H3,(H,21,23)(H,25,26). The number of benzene rings is 1. The van der Waals surface area contributed by atoms with E-state index >= 15 is 0 Å². The molecule has 1 unspecified atom stereocenters. The Labute approximate surface area is 154 Å². The van der Waals surface area contributed by atoms with Crippen LogP contribution in [0.25, 0.3) is 0 Å². The molecule has 2 N–H and O–H groups in total. The van der Waals surface area contributed by atoms with E-state index in [1.165, 1.54) is 0 Å². The first kappa shape index (κ1) is 19.9. The van der Waals surface area contributed by atoms with Crippen molar-refractivity contribution in [3.63, 3.8) is 0 Å². The van der Waals surface area contributed by atoms with E-state index in [0.29, 0.717) is 31.5 Å². The minimum absolute atomic E-state index is 0.0572. The van der Waals surface area contributed by atoms with Crippen molar-refractivity contribution in [2.24, 2.45) is 11.8 Å². The average Bonchev–Trinajstić information content (AvgIpc) is 2.65. The van der Waals surface area contributed by atoms with Crippen LogP contribution < -0.4 is 5.32 Å². The highest BCUT2D eigenvalue weighted by molar-refractivity contribution is 5.89. The van der Waals surface area contributed by atoms with E-state index in [1.807, 2.05) is 19.9 Å². The van der Waals surface area contributed by atoms with Crippen LogP contribution in [0.3, 0.4) is 0 Å². The molecule has 1 aromatic rings. The van der Waals surface area contributed by atoms with Crippen LogP contribution >= 0.6 is 0 Å². The van der Waals surface area contributed by atoms with E-state index in [-0.39, 0.29) is 30.1 Å². The molecule has 1 saturated heterocycles. The lowest BCUT2D eigenvalue weighted by Crippen LogP contribution is -2.54. The third-order valence-corrected chi connectivity index (χ3v) is 5.17. The van der Waals surface area contributed by atoms with E-state index < -0.39 is 11.5 Å². The maximum atomic E-state index is 12.8. The monoisotopic (exact) mass is 360 g/mol. The molecule has 1 atom stereocenters. The molecule has 6 heteroatoms. The van der Waals surface area contributed by atoms with Crippen molar-refractivity contribution >= 4 is 17.8 Å². The van der Waals surface area contributed by atoms with Gasteiger partial charge in [-0.15, -0.1) is 0 Å². The van der Waals surface area contributed by atoms with Gasteiger partial charge in [0.15, 0.2) is 5.54 Å². The number of carboxylic acids is 1. The minimum Gasteiger partial charge on any atom is -0.479 e. The highest BCUT2D eigenvalue weighted by atomic mass is 16.4. The molecule has 0 spiro atoms. The van der Waals surface area contributed by atoms with Crippen LogP contribution in [0, 0.1) is 11.8 Å². The molecule has 2 rings (SSSR count). The van der Waals surface area contributed by atoms with Crippen LogP contribution in [0.4, 0.5) is 0 Å². The molecule has 6 nitrogen and oxygen atoms in total. The molecule has 1 aliphatic heterocycles. The topological polar surface area (TPSA) is 86.7 Å². The number of nitrogens with zero attached hydrogens (tertiary/aromatic N) is 1. The van der Waals surface area contributed by atoms with Gasteiger partial charge < -0.3 is 15.3 Å². The summed E-state index contributed by atoms with van der Waals surface area (Å²) in [5.41, 5.74) is -0.862. The summed E-state index contributed by atoms with van der Waals surface area (Å²) in [5, 5.41) is 12.6. The number of rotatable bonds is 6. The predicted molar refractivity (Wildman–Crippen MR) is 98.3 cm³/mol. The van der Waals surface area contributed by atoms with Crippen LogP contribution in [0.1, 0.15) is 45.6 Å². The van der Waals surface area contributed by atoms with Gasteiger partial charge in [0.05, 0.1) is 0 Å². The van der Waals surface area contributed by atoms with E-state index in [0.717, 1.165) is 0 Å². The Morgan fingerprint density at radius 1 is 1.19 bits per heavy atom. The number of carboxylic acid groups (broad SMARTS) is 1. The zero-order valence-electron chi connectivity index (χ0n) is 15.7. The Balaban J connectivity index is 2.10. The van der Waals surface area contributed by atoms with Gasteiger partial charge in [-0.2, -0.15) is 0 Å². The van der Waals surface area contributed by atoms with Gasteiger partial charge in [-0.3, -0.25) is 9.59 Å². The highest BCUT2D eigenvalue weighted by Crippen LogP contribution is 2.28. The summed E-state index contributed by atoms with van der Waals surface area (Å²) < 4.78 is 0. The van der Waals surface area contributed by atoms with Gasteiger partial charge in [-0.25, -0.2) is 4.79 Å². The number of aliphatic carboxylic acids is 1. The normalized spacial score (nSPS) is 17.6. The second kappa shape index (κ2) is 8.34. The molecule has 1 fully saturated rings. The number of carbonyl (C=O) groups excluding carboxylic acids is 2. The third-order valence-electron chi connectivity index (χ3n) is 5.17. The zero-order valence-corrected chi connectivity index (χ0v) is 15.7. The maximum Gasteiger partial charge on any atom is 0.334 e. The van der Waals surface area contributed by atoms with E-state index in [4.69, 9.17) is 0 Å². The lowest BCUT2D eigenvalue weighted by Gasteiger charge is -2.35. The van der Waals surface area contributed by atoms with Crippen LogP contribution in [0.15, 0.2) is 30.3 Å². The van der Waals surface area contributed by atoms with Crippen molar-refractivity contribution in [3.8, 4) is 0 Å². The van der Waals surface area contributed by atoms with Gasteiger partial charge in [0.25, 0.3) is 0 Å². The number of hydrogen-bond acceptors (Lipinski definition) is 3. The van der Waals surface area contributed by atoms with Crippen molar-refractivity contribution in [3.05, 3.63) is 35.9 Å². The van der Waals surface area contributed by atoms with E-state index in [2.05, 4.69) is 5.32 Å². The van der Waals surface area contributed by atoms with Gasteiger partial charge in [0.2, 0.25) is 11.8 Å². The number of carbonyl (C=O) groups is 3. The smallest absolute Gasteiger partial charge is 0.334 e. The quantitative estimate of drug-likeness (QED) is 0.815. The van der Waals surface area contributed by atoms with Crippen molar-refractivity contribution in [2.75, 3.05) is 13.1 Å². The van der Waals surface area contributed by atoms with Crippen LogP contribution in [-0.4, -0.2) is 40.9 Å². The summed E-state index contributed by atoms with van der Waals surface area (Å²) in [5.74, 6) is -1.55. The van der Waals surface area contributed by atoms with Crippen LogP contribution in [0.5, 0.6) is 0 Å². The maximum absolute atomic E-state index is 12.8. The Hall–Kier alpha value is -2.37. The molecule has 0 bridgehead atoms. The average molecular weight is 360 g/mol. The lowest BCUT2D eigenvalue weighted by molar-refractivity contribution is -0.149. The number of nitrogens with one attached hydrogen (secondary N) is 1. The fraction of sp³-hybridized carbons (Fsp3) is 0.550. The Kier molecular flexibility index (Phi) is 6.40. The predicted octanol–water partition coefficient (Wildman–Crippen LogP) is 2.39. The molecular formula is C20H28N2O4. The highest BCUT2D eigenvalue weighted by Gasteiger charge is 2.42. The molecule has 1 heterocycles.